The number of hydrogen-bond donors (Lipinski definition) is 0. The topological polar surface area (TPSA) is 54.9 Å². The van der Waals surface area contributed by atoms with Crippen molar-refractivity contribution < 1.29 is 14.3 Å². The third-order valence-corrected chi connectivity index (χ3v) is 6.78. The van der Waals surface area contributed by atoms with E-state index >= 15 is 0 Å². The Morgan fingerprint density at radius 2 is 1.75 bits per heavy atom. The van der Waals surface area contributed by atoms with Gasteiger partial charge in [0.15, 0.2) is 5.13 Å². The van der Waals surface area contributed by atoms with Gasteiger partial charge in [-0.25, -0.2) is 4.98 Å². The van der Waals surface area contributed by atoms with Gasteiger partial charge in [-0.15, -0.1) is 0 Å². The van der Waals surface area contributed by atoms with Gasteiger partial charge in [0.05, 0.1) is 24.8 Å². The van der Waals surface area contributed by atoms with Crippen LogP contribution in [-0.4, -0.2) is 55.7 Å². The Kier molecular flexibility index (Phi) is 8.47. The fourth-order valence-corrected chi connectivity index (χ4v) is 4.72. The number of thiazole rings is 1. The van der Waals surface area contributed by atoms with E-state index < -0.39 is 0 Å². The molecule has 172 valence electrons. The summed E-state index contributed by atoms with van der Waals surface area (Å²) in [4.78, 5) is 22.4. The van der Waals surface area contributed by atoms with Crippen LogP contribution >= 0.6 is 11.3 Å². The number of likely N-dealkylation sites (N-methyl/N-ethyl adjacent to an activating group) is 1. The van der Waals surface area contributed by atoms with E-state index in [0.717, 1.165) is 57.6 Å². The zero-order chi connectivity index (χ0) is 23.1. The van der Waals surface area contributed by atoms with E-state index in [1.165, 1.54) is 0 Å². The Labute approximate surface area is 194 Å². The molecule has 0 aliphatic rings. The molecule has 3 aromatic rings. The van der Waals surface area contributed by atoms with Gasteiger partial charge in [0.25, 0.3) is 0 Å². The van der Waals surface area contributed by atoms with Gasteiger partial charge in [-0.3, -0.25) is 9.69 Å². The molecular weight excluding hydrogens is 422 g/mol. The molecule has 3 rings (SSSR count). The predicted octanol–water partition coefficient (Wildman–Crippen LogP) is 4.93. The first kappa shape index (κ1) is 24.0. The van der Waals surface area contributed by atoms with Crippen molar-refractivity contribution in [1.82, 2.24) is 9.88 Å². The predicted molar refractivity (Wildman–Crippen MR) is 132 cm³/mol. The summed E-state index contributed by atoms with van der Waals surface area (Å²) in [6.07, 6.45) is 0.316. The highest BCUT2D eigenvalue weighted by molar-refractivity contribution is 7.22. The number of nitrogens with zero attached hydrogens (tertiary/aromatic N) is 3. The molecule has 0 aliphatic heterocycles. The van der Waals surface area contributed by atoms with Gasteiger partial charge >= 0.3 is 0 Å². The third-order valence-electron chi connectivity index (χ3n) is 5.57. The highest BCUT2D eigenvalue weighted by Crippen LogP contribution is 2.36. The van der Waals surface area contributed by atoms with Gasteiger partial charge in [-0.05, 0) is 56.3 Å². The second-order valence-electron chi connectivity index (χ2n) is 7.58. The minimum absolute atomic E-state index is 0.0389. The van der Waals surface area contributed by atoms with Crippen LogP contribution in [0.1, 0.15) is 31.9 Å². The van der Waals surface area contributed by atoms with E-state index in [4.69, 9.17) is 14.5 Å². The number of amides is 1. The van der Waals surface area contributed by atoms with Gasteiger partial charge < -0.3 is 14.4 Å². The summed E-state index contributed by atoms with van der Waals surface area (Å²) in [6.45, 7) is 12.2. The molecule has 1 heterocycles. The summed E-state index contributed by atoms with van der Waals surface area (Å²) in [5.74, 6) is 1.59. The number of benzene rings is 2. The van der Waals surface area contributed by atoms with Crippen molar-refractivity contribution in [2.75, 3.05) is 44.8 Å². The SMILES string of the molecule is CCOc1ccc(CC(=O)N(CCN(CC)CC)c2nc3c(OC)ccc(C)c3s2)cc1. The highest BCUT2D eigenvalue weighted by atomic mass is 32.1. The molecule has 2 aromatic carbocycles. The van der Waals surface area contributed by atoms with Gasteiger partial charge in [0.2, 0.25) is 5.91 Å². The molecule has 0 unspecified atom stereocenters. The van der Waals surface area contributed by atoms with E-state index in [2.05, 4.69) is 25.7 Å². The molecule has 0 saturated heterocycles. The molecule has 1 aromatic heterocycles. The van der Waals surface area contributed by atoms with Crippen LogP contribution in [0.3, 0.4) is 0 Å². The van der Waals surface area contributed by atoms with Crippen LogP contribution in [0.15, 0.2) is 36.4 Å². The van der Waals surface area contributed by atoms with Gasteiger partial charge in [0, 0.05) is 13.1 Å². The van der Waals surface area contributed by atoms with Gasteiger partial charge in [0.1, 0.15) is 17.0 Å². The van der Waals surface area contributed by atoms with E-state index in [1.807, 2.05) is 48.2 Å². The first-order valence-electron chi connectivity index (χ1n) is 11.2. The van der Waals surface area contributed by atoms with Crippen molar-refractivity contribution in [2.45, 2.75) is 34.1 Å². The third kappa shape index (κ3) is 5.58. The quantitative estimate of drug-likeness (QED) is 0.410. The van der Waals surface area contributed by atoms with Gasteiger partial charge in [-0.2, -0.15) is 0 Å². The second kappa shape index (κ2) is 11.3. The molecule has 7 heteroatoms. The Morgan fingerprint density at radius 1 is 1.03 bits per heavy atom. The number of carbonyl (C=O) groups is 1. The first-order valence-corrected chi connectivity index (χ1v) is 12.0. The molecule has 0 fully saturated rings. The van der Waals surface area contributed by atoms with Crippen LogP contribution in [0.2, 0.25) is 0 Å². The minimum atomic E-state index is 0.0389. The van der Waals surface area contributed by atoms with Crippen LogP contribution in [0.4, 0.5) is 5.13 Å². The van der Waals surface area contributed by atoms with Crippen molar-refractivity contribution in [1.29, 1.82) is 0 Å². The zero-order valence-corrected chi connectivity index (χ0v) is 20.5. The van der Waals surface area contributed by atoms with E-state index in [9.17, 15) is 4.79 Å². The zero-order valence-electron chi connectivity index (χ0n) is 19.7. The van der Waals surface area contributed by atoms with E-state index in [-0.39, 0.29) is 5.91 Å². The lowest BCUT2D eigenvalue weighted by Crippen LogP contribution is -2.39. The number of hydrogen-bond acceptors (Lipinski definition) is 6. The summed E-state index contributed by atoms with van der Waals surface area (Å²) in [5, 5.41) is 0.718. The fourth-order valence-electron chi connectivity index (χ4n) is 3.63. The fraction of sp³-hybridized carbons (Fsp3) is 0.440. The number of rotatable bonds is 11. The molecule has 0 radical (unpaired) electrons. The van der Waals surface area contributed by atoms with Crippen molar-refractivity contribution >= 4 is 32.6 Å². The molecule has 32 heavy (non-hydrogen) atoms. The number of methoxy groups -OCH3 is 1. The lowest BCUT2D eigenvalue weighted by Gasteiger charge is -2.24. The van der Waals surface area contributed by atoms with E-state index in [1.54, 1.807) is 18.4 Å². The van der Waals surface area contributed by atoms with Crippen LogP contribution in [0.5, 0.6) is 11.5 Å². The number of carbonyl (C=O) groups excluding carboxylic acids is 1. The number of aromatic nitrogens is 1. The maximum atomic E-state index is 13.4. The van der Waals surface area contributed by atoms with E-state index in [0.29, 0.717) is 19.6 Å². The van der Waals surface area contributed by atoms with Crippen molar-refractivity contribution in [3.63, 3.8) is 0 Å². The van der Waals surface area contributed by atoms with Crippen LogP contribution < -0.4 is 14.4 Å². The lowest BCUT2D eigenvalue weighted by atomic mass is 10.1. The normalized spacial score (nSPS) is 11.2. The molecule has 1 amide bonds. The Hall–Kier alpha value is -2.64. The molecule has 0 aliphatic carbocycles. The molecule has 6 nitrogen and oxygen atoms in total. The maximum absolute atomic E-state index is 13.4. The average molecular weight is 456 g/mol. The van der Waals surface area contributed by atoms with Crippen molar-refractivity contribution in [3.05, 3.63) is 47.5 Å². The summed E-state index contributed by atoms with van der Waals surface area (Å²) in [5.41, 5.74) is 2.91. The molecule has 0 N–H and O–H groups in total. The van der Waals surface area contributed by atoms with Gasteiger partial charge in [-0.1, -0.05) is 43.4 Å². The first-order chi connectivity index (χ1) is 15.5. The summed E-state index contributed by atoms with van der Waals surface area (Å²) in [7, 11) is 1.65. The van der Waals surface area contributed by atoms with Crippen LogP contribution in [0.25, 0.3) is 10.2 Å². The Balaban J connectivity index is 1.90. The smallest absolute Gasteiger partial charge is 0.233 e. The van der Waals surface area contributed by atoms with Crippen LogP contribution in [0, 0.1) is 6.92 Å². The average Bonchev–Trinajstić information content (AvgIpc) is 3.24. The summed E-state index contributed by atoms with van der Waals surface area (Å²) >= 11 is 1.55. The molecular formula is C25H33N3O3S. The largest absolute Gasteiger partial charge is 0.494 e. The number of ether oxygens (including phenoxy) is 2. The lowest BCUT2D eigenvalue weighted by molar-refractivity contribution is -0.118. The summed E-state index contributed by atoms with van der Waals surface area (Å²) in [6, 6.07) is 11.7. The van der Waals surface area contributed by atoms with Crippen LogP contribution in [-0.2, 0) is 11.2 Å². The standard InChI is InChI=1S/C25H33N3O3S/c1-6-27(7-2)15-16-28(22(29)17-19-10-12-20(13-11-19)31-8-3)25-26-23-21(30-5)14-9-18(4)24(23)32-25/h9-14H,6-8,15-17H2,1-5H3. The molecule has 0 saturated carbocycles. The second-order valence-corrected chi connectivity index (χ2v) is 8.56. The minimum Gasteiger partial charge on any atom is -0.494 e. The summed E-state index contributed by atoms with van der Waals surface area (Å²) < 4.78 is 12.1. The Bertz CT molecular complexity index is 1030. The Morgan fingerprint density at radius 3 is 2.38 bits per heavy atom. The monoisotopic (exact) mass is 455 g/mol. The molecule has 0 atom stereocenters. The number of anilines is 1. The van der Waals surface area contributed by atoms with Crippen molar-refractivity contribution in [3.8, 4) is 11.5 Å². The maximum Gasteiger partial charge on any atom is 0.233 e. The molecule has 0 spiro atoms. The number of aryl methyl sites for hydroxylation is 1. The van der Waals surface area contributed by atoms with Crippen molar-refractivity contribution in [2.24, 2.45) is 0 Å². The number of fused-ring (bicyclic) bond motifs is 1. The highest BCUT2D eigenvalue weighted by Gasteiger charge is 2.22. The molecule has 0 bridgehead atoms.